The number of hydrogen-bond donors (Lipinski definition) is 2. The molecule has 0 saturated heterocycles. The van der Waals surface area contributed by atoms with Gasteiger partial charge in [-0.1, -0.05) is 20.8 Å². The molecule has 2 atom stereocenters. The lowest BCUT2D eigenvalue weighted by Crippen LogP contribution is -2.32. The van der Waals surface area contributed by atoms with Crippen molar-refractivity contribution in [1.82, 2.24) is 0 Å². The van der Waals surface area contributed by atoms with Gasteiger partial charge in [-0.3, -0.25) is 0 Å². The van der Waals surface area contributed by atoms with Crippen LogP contribution in [0.15, 0.2) is 10.2 Å². The summed E-state index contributed by atoms with van der Waals surface area (Å²) in [7, 11) is 0. The van der Waals surface area contributed by atoms with E-state index in [0.717, 1.165) is 12.3 Å². The van der Waals surface area contributed by atoms with E-state index < -0.39 is 0 Å². The summed E-state index contributed by atoms with van der Waals surface area (Å²) in [5.41, 5.74) is 12.3. The predicted molar refractivity (Wildman–Crippen MR) is 62.5 cm³/mol. The van der Waals surface area contributed by atoms with E-state index in [1.54, 1.807) is 0 Å². The van der Waals surface area contributed by atoms with Crippen molar-refractivity contribution in [3.8, 4) is 0 Å². The molecular formula is C11H20N4. The molecular weight excluding hydrogens is 188 g/mol. The molecule has 0 radical (unpaired) electrons. The molecule has 2 rings (SSSR count). The van der Waals surface area contributed by atoms with Crippen LogP contribution in [0.3, 0.4) is 0 Å². The van der Waals surface area contributed by atoms with Crippen molar-refractivity contribution in [3.05, 3.63) is 0 Å². The molecule has 4 N–H and O–H groups in total. The summed E-state index contributed by atoms with van der Waals surface area (Å²) in [6, 6.07) is 0. The maximum atomic E-state index is 5.30. The van der Waals surface area contributed by atoms with Gasteiger partial charge < -0.3 is 11.5 Å². The van der Waals surface area contributed by atoms with Crippen molar-refractivity contribution in [1.29, 1.82) is 0 Å². The van der Waals surface area contributed by atoms with E-state index in [0.29, 0.717) is 5.41 Å². The Morgan fingerprint density at radius 2 is 2.00 bits per heavy atom. The molecule has 0 aromatic carbocycles. The minimum Gasteiger partial charge on any atom is -0.369 e. The van der Waals surface area contributed by atoms with E-state index in [4.69, 9.17) is 11.5 Å². The van der Waals surface area contributed by atoms with Gasteiger partial charge in [0, 0.05) is 11.1 Å². The van der Waals surface area contributed by atoms with Crippen LogP contribution in [0.2, 0.25) is 0 Å². The first-order valence-corrected chi connectivity index (χ1v) is 5.54. The topological polar surface area (TPSA) is 76.8 Å². The van der Waals surface area contributed by atoms with Crippen LogP contribution in [0, 0.1) is 16.7 Å². The van der Waals surface area contributed by atoms with Gasteiger partial charge in [0.25, 0.3) is 0 Å². The zero-order valence-corrected chi connectivity index (χ0v) is 9.75. The third kappa shape index (κ3) is 1.27. The Kier molecular flexibility index (Phi) is 2.07. The first-order valence-electron chi connectivity index (χ1n) is 5.54. The lowest BCUT2D eigenvalue weighted by molar-refractivity contribution is 0.194. The van der Waals surface area contributed by atoms with Gasteiger partial charge in [0.1, 0.15) is 0 Å². The number of hydrogen-bond acceptors (Lipinski definition) is 2. The van der Waals surface area contributed by atoms with Crippen LogP contribution in [0.4, 0.5) is 0 Å². The highest BCUT2D eigenvalue weighted by Crippen LogP contribution is 2.63. The molecule has 0 amide bonds. The summed E-state index contributed by atoms with van der Waals surface area (Å²) in [5, 5.41) is 8.02. The van der Waals surface area contributed by atoms with Gasteiger partial charge in [-0.2, -0.15) is 5.10 Å². The lowest BCUT2D eigenvalue weighted by Gasteiger charge is -2.34. The quantitative estimate of drug-likeness (QED) is 0.389. The van der Waals surface area contributed by atoms with Crippen molar-refractivity contribution in [2.75, 3.05) is 0 Å². The second kappa shape index (κ2) is 2.97. The smallest absolute Gasteiger partial charge is 0.211 e. The summed E-state index contributed by atoms with van der Waals surface area (Å²) >= 11 is 0. The third-order valence-corrected chi connectivity index (χ3v) is 4.80. The van der Waals surface area contributed by atoms with E-state index in [-0.39, 0.29) is 11.4 Å². The molecule has 0 aliphatic heterocycles. The van der Waals surface area contributed by atoms with E-state index in [1.807, 2.05) is 0 Å². The molecule has 84 valence electrons. The molecule has 0 spiro atoms. The summed E-state index contributed by atoms with van der Waals surface area (Å²) < 4.78 is 0. The van der Waals surface area contributed by atoms with Crippen molar-refractivity contribution in [3.63, 3.8) is 0 Å². The zero-order chi connectivity index (χ0) is 11.3. The molecule has 2 aliphatic carbocycles. The van der Waals surface area contributed by atoms with Gasteiger partial charge >= 0.3 is 0 Å². The minimum absolute atomic E-state index is 0.0479. The molecule has 4 nitrogen and oxygen atoms in total. The number of guanidine groups is 1. The maximum absolute atomic E-state index is 5.30. The van der Waals surface area contributed by atoms with Gasteiger partial charge in [0.2, 0.25) is 5.96 Å². The van der Waals surface area contributed by atoms with Crippen molar-refractivity contribution in [2.45, 2.75) is 40.0 Å². The Balaban J connectivity index is 2.34. The summed E-state index contributed by atoms with van der Waals surface area (Å²) in [6.07, 6.45) is 3.58. The highest BCUT2D eigenvalue weighted by atomic mass is 15.3. The van der Waals surface area contributed by atoms with Crippen molar-refractivity contribution in [2.24, 2.45) is 38.4 Å². The Hall–Kier alpha value is -1.06. The second-order valence-electron chi connectivity index (χ2n) is 5.57. The number of nitrogens with zero attached hydrogens (tertiary/aromatic N) is 2. The van der Waals surface area contributed by atoms with E-state index in [2.05, 4.69) is 31.0 Å². The molecule has 4 heteroatoms. The molecule has 0 unspecified atom stereocenters. The van der Waals surface area contributed by atoms with Gasteiger partial charge in [0.15, 0.2) is 0 Å². The third-order valence-electron chi connectivity index (χ3n) is 4.80. The van der Waals surface area contributed by atoms with Crippen molar-refractivity contribution < 1.29 is 0 Å². The van der Waals surface area contributed by atoms with E-state index >= 15 is 0 Å². The lowest BCUT2D eigenvalue weighted by atomic mass is 9.70. The van der Waals surface area contributed by atoms with E-state index in [9.17, 15) is 0 Å². The highest BCUT2D eigenvalue weighted by Gasteiger charge is 2.59. The summed E-state index contributed by atoms with van der Waals surface area (Å²) in [5.74, 6) is 0.794. The Morgan fingerprint density at radius 1 is 1.33 bits per heavy atom. The normalized spacial score (nSPS) is 39.7. The molecule has 0 heterocycles. The Bertz CT molecular complexity index is 338. The largest absolute Gasteiger partial charge is 0.369 e. The Morgan fingerprint density at radius 3 is 2.40 bits per heavy atom. The van der Waals surface area contributed by atoms with Crippen LogP contribution in [-0.2, 0) is 0 Å². The first kappa shape index (κ1) is 10.5. The summed E-state index contributed by atoms with van der Waals surface area (Å²) in [4.78, 5) is 0. The summed E-state index contributed by atoms with van der Waals surface area (Å²) in [6.45, 7) is 6.96. The van der Waals surface area contributed by atoms with Crippen LogP contribution in [-0.4, -0.2) is 11.7 Å². The average molecular weight is 208 g/mol. The van der Waals surface area contributed by atoms with Gasteiger partial charge in [0.05, 0.1) is 0 Å². The number of rotatable bonds is 1. The van der Waals surface area contributed by atoms with Crippen LogP contribution < -0.4 is 11.5 Å². The zero-order valence-electron chi connectivity index (χ0n) is 9.75. The second-order valence-corrected chi connectivity index (χ2v) is 5.57. The average Bonchev–Trinajstić information content (AvgIpc) is 2.46. The fourth-order valence-corrected chi connectivity index (χ4v) is 3.20. The maximum Gasteiger partial charge on any atom is 0.211 e. The fraction of sp³-hybridized carbons (Fsp3) is 0.818. The monoisotopic (exact) mass is 208 g/mol. The molecule has 2 fully saturated rings. The predicted octanol–water partition coefficient (Wildman–Crippen LogP) is 1.46. The molecule has 0 aromatic heterocycles. The minimum atomic E-state index is 0.0479. The van der Waals surface area contributed by atoms with Crippen LogP contribution in [0.25, 0.3) is 0 Å². The standard InChI is InChI=1S/C11H20N4/c1-10(2)7-4-5-11(10,3)8(6-7)14-15-9(12)13/h7H,4-6H2,1-3H3,(H4,12,13,15)/b14-8-/t7-,11-/m1/s1. The van der Waals surface area contributed by atoms with Crippen LogP contribution in [0.1, 0.15) is 40.0 Å². The molecule has 2 saturated carbocycles. The number of nitrogens with two attached hydrogens (primary N) is 2. The fourth-order valence-electron chi connectivity index (χ4n) is 3.20. The number of fused-ring (bicyclic) bond motifs is 2. The van der Waals surface area contributed by atoms with Gasteiger partial charge in [-0.25, -0.2) is 0 Å². The highest BCUT2D eigenvalue weighted by molar-refractivity contribution is 5.94. The van der Waals surface area contributed by atoms with Gasteiger partial charge in [-0.05, 0) is 30.6 Å². The van der Waals surface area contributed by atoms with Gasteiger partial charge in [-0.15, -0.1) is 5.10 Å². The van der Waals surface area contributed by atoms with E-state index in [1.165, 1.54) is 18.6 Å². The first-order chi connectivity index (χ1) is 6.88. The van der Waals surface area contributed by atoms with Crippen LogP contribution in [0.5, 0.6) is 0 Å². The molecule has 0 aromatic rings. The Labute approximate surface area is 90.8 Å². The molecule has 15 heavy (non-hydrogen) atoms. The molecule has 2 aliphatic rings. The van der Waals surface area contributed by atoms with Crippen molar-refractivity contribution >= 4 is 11.7 Å². The SMILES string of the molecule is CC1(C)[C@@H]2CC[C@]1(C)/C(=N\N=C(N)N)C2. The molecule has 2 bridgehead atoms. The van der Waals surface area contributed by atoms with Crippen LogP contribution >= 0.6 is 0 Å².